The van der Waals surface area contributed by atoms with Crippen LogP contribution in [0.2, 0.25) is 0 Å². The van der Waals surface area contributed by atoms with Crippen molar-refractivity contribution in [3.05, 3.63) is 334 Å². The van der Waals surface area contributed by atoms with Crippen molar-refractivity contribution in [3.8, 4) is 33.4 Å². The van der Waals surface area contributed by atoms with Gasteiger partial charge in [-0.2, -0.15) is 0 Å². The maximum atomic E-state index is 5.18. The van der Waals surface area contributed by atoms with Crippen molar-refractivity contribution in [1.82, 2.24) is 43.1 Å². The smallest absolute Gasteiger partial charge is 0.165 e. The quantitative estimate of drug-likeness (QED) is 0.175. The van der Waals surface area contributed by atoms with Gasteiger partial charge in [0.2, 0.25) is 0 Å². The van der Waals surface area contributed by atoms with Gasteiger partial charge in [0, 0.05) is 109 Å². The molecule has 0 aliphatic carbocycles. The molecule has 534 valence electrons. The number of fused-ring (bicyclic) bond motifs is 35. The van der Waals surface area contributed by atoms with Crippen molar-refractivity contribution in [2.75, 3.05) is 0 Å². The molecule has 29 rings (SSSR count). The van der Waals surface area contributed by atoms with Crippen LogP contribution in [0.4, 0.5) is 0 Å². The minimum Gasteiger partial charge on any atom is -0.291 e. The molecular weight excluding hydrogens is 1470 g/mol. The molecule has 0 bridgehead atoms. The summed E-state index contributed by atoms with van der Waals surface area (Å²) in [6.07, 6.45) is 0. The molecule has 0 fully saturated rings. The summed E-state index contributed by atoms with van der Waals surface area (Å²) >= 11 is 5.66. The van der Waals surface area contributed by atoms with Gasteiger partial charge in [0.25, 0.3) is 0 Å². The number of nitrogens with zero attached hydrogens (tertiary/aromatic N) is 9. The third-order valence-corrected chi connectivity index (χ3v) is 28.1. The van der Waals surface area contributed by atoms with Crippen LogP contribution in [0, 0.1) is 0 Å². The van der Waals surface area contributed by atoms with Crippen LogP contribution in [-0.2, 0) is 0 Å². The van der Waals surface area contributed by atoms with Gasteiger partial charge >= 0.3 is 0 Å². The first-order valence-electron chi connectivity index (χ1n) is 39.1. The zero-order valence-corrected chi connectivity index (χ0v) is 64.0. The number of hydrogen-bond donors (Lipinski definition) is 0. The molecule has 12 aromatic heterocycles. The van der Waals surface area contributed by atoms with Crippen LogP contribution in [0.25, 0.3) is 264 Å². The summed E-state index contributed by atoms with van der Waals surface area (Å²) in [5, 5.41) is 24.1. The van der Waals surface area contributed by atoms with Crippen LogP contribution < -0.4 is 0 Å². The maximum absolute atomic E-state index is 5.18. The Morgan fingerprint density at radius 3 is 0.991 bits per heavy atom. The van der Waals surface area contributed by atoms with Gasteiger partial charge in [-0.15, -0.1) is 34.0 Å². The summed E-state index contributed by atoms with van der Waals surface area (Å²) in [7, 11) is 0. The van der Waals surface area contributed by atoms with E-state index >= 15 is 0 Å². The molecule has 9 nitrogen and oxygen atoms in total. The van der Waals surface area contributed by atoms with Crippen LogP contribution in [0.3, 0.4) is 0 Å². The average molecular weight is 1530 g/mol. The molecule has 0 N–H and O–H groups in total. The van der Waals surface area contributed by atoms with Crippen molar-refractivity contribution in [2.24, 2.45) is 0 Å². The highest BCUT2D eigenvalue weighted by atomic mass is 32.1. The Kier molecular flexibility index (Phi) is 12.7. The summed E-state index contributed by atoms with van der Waals surface area (Å²) in [4.78, 5) is 31.0. The fourth-order valence-corrected chi connectivity index (χ4v) is 23.1. The summed E-state index contributed by atoms with van der Waals surface area (Å²) < 4.78 is 15.0. The largest absolute Gasteiger partial charge is 0.291 e. The van der Waals surface area contributed by atoms with E-state index in [0.29, 0.717) is 0 Å². The minimum atomic E-state index is 0.920. The van der Waals surface area contributed by atoms with Crippen LogP contribution >= 0.6 is 34.0 Å². The van der Waals surface area contributed by atoms with Gasteiger partial charge in [0.05, 0.1) is 66.2 Å². The third-order valence-electron chi connectivity index (χ3n) is 24.5. The van der Waals surface area contributed by atoms with Crippen LogP contribution in [0.5, 0.6) is 0 Å². The van der Waals surface area contributed by atoms with Gasteiger partial charge in [-0.05, 0) is 170 Å². The second kappa shape index (κ2) is 23.5. The van der Waals surface area contributed by atoms with Crippen LogP contribution in [0.1, 0.15) is 0 Å². The van der Waals surface area contributed by atoms with E-state index in [-0.39, 0.29) is 0 Å². The van der Waals surface area contributed by atoms with Gasteiger partial charge in [-0.25, -0.2) is 29.9 Å². The molecule has 17 aromatic carbocycles. The van der Waals surface area contributed by atoms with E-state index in [9.17, 15) is 0 Å². The molecule has 12 heterocycles. The molecule has 0 aliphatic heterocycles. The molecule has 116 heavy (non-hydrogen) atoms. The van der Waals surface area contributed by atoms with Crippen LogP contribution in [0.15, 0.2) is 334 Å². The first-order valence-corrected chi connectivity index (χ1v) is 41.6. The third kappa shape index (κ3) is 8.75. The zero-order valence-electron chi connectivity index (χ0n) is 61.5. The van der Waals surface area contributed by atoms with Gasteiger partial charge in [-0.1, -0.05) is 218 Å². The monoisotopic (exact) mass is 1530 g/mol. The molecule has 0 atom stereocenters. The lowest BCUT2D eigenvalue weighted by Gasteiger charge is -2.08. The Labute approximate surface area is 669 Å². The molecule has 0 spiro atoms. The highest BCUT2D eigenvalue weighted by molar-refractivity contribution is 7.27. The first-order chi connectivity index (χ1) is 57.5. The van der Waals surface area contributed by atoms with Gasteiger partial charge < -0.3 is 0 Å². The summed E-state index contributed by atoms with van der Waals surface area (Å²) in [5.74, 6) is 0. The predicted molar refractivity (Wildman–Crippen MR) is 493 cm³/mol. The number of para-hydroxylation sites is 6. The standard InChI is InChI=1S/2C36H19N3S.C32H17N3S/c1-2-10-22-20(8-1)9-7-12-23(22)21-16-17-30-26(18-21)32-34-27(19-25-24-11-3-6-15-31(24)40-35(25)32)33-36(39(30)34)38-29-14-5-4-13-28(29)37-33;1-2-8-21-17-22(14-13-20(21)7-1)23-15-16-30-26(18-23)32-34-27(19-25-24-9-3-6-12-31(24)40-35(25)32)33-36(39(30)34)38-29-11-5-4-10-28(29)37-33;1-2-8-18(9-3-1)19-14-15-26-22(16-19)28-30-23(17-21-20-10-4-7-13-27(20)36-31(21)28)29-32(35(26)30)34-25-12-6-5-11-24(25)33-29/h2*1-19H;1-17H. The Morgan fingerprint density at radius 1 is 0.198 bits per heavy atom. The Hall–Kier alpha value is -14.7. The minimum absolute atomic E-state index is 0.920. The maximum Gasteiger partial charge on any atom is 0.165 e. The van der Waals surface area contributed by atoms with Crippen LogP contribution in [-0.4, -0.2) is 43.1 Å². The number of rotatable bonds is 3. The fourth-order valence-electron chi connectivity index (χ4n) is 19.3. The normalized spacial score (nSPS) is 12.5. The number of hydrogen-bond acceptors (Lipinski definition) is 9. The van der Waals surface area contributed by atoms with E-state index in [1.807, 2.05) is 76.5 Å². The lowest BCUT2D eigenvalue weighted by molar-refractivity contribution is 1.28. The molecule has 0 saturated heterocycles. The fraction of sp³-hybridized carbons (Fsp3) is 0. The Balaban J connectivity index is 0.0000000933. The van der Waals surface area contributed by atoms with E-state index in [4.69, 9.17) is 29.9 Å². The lowest BCUT2D eigenvalue weighted by Crippen LogP contribution is -1.89. The highest BCUT2D eigenvalue weighted by Crippen LogP contribution is 2.53. The van der Waals surface area contributed by atoms with Crippen molar-refractivity contribution in [2.45, 2.75) is 0 Å². The predicted octanol–water partition coefficient (Wildman–Crippen LogP) is 28.8. The molecule has 0 unspecified atom stereocenters. The summed E-state index contributed by atoms with van der Waals surface area (Å²) in [6, 6.07) is 120. The molecule has 0 amide bonds. The number of thiophene rings is 3. The van der Waals surface area contributed by atoms with Gasteiger partial charge in [0.1, 0.15) is 16.6 Å². The Bertz CT molecular complexity index is 9320. The van der Waals surface area contributed by atoms with Crippen molar-refractivity contribution in [1.29, 1.82) is 0 Å². The topological polar surface area (TPSA) is 90.6 Å². The molecular formula is C104H55N9S3. The van der Waals surface area contributed by atoms with Gasteiger partial charge in [0.15, 0.2) is 16.9 Å². The highest BCUT2D eigenvalue weighted by Gasteiger charge is 2.29. The second-order valence-corrected chi connectivity index (χ2v) is 33.8. The zero-order chi connectivity index (χ0) is 75.3. The van der Waals surface area contributed by atoms with Crippen molar-refractivity contribution >= 4 is 264 Å². The second-order valence-electron chi connectivity index (χ2n) is 30.7. The van der Waals surface area contributed by atoms with E-state index in [1.54, 1.807) is 0 Å². The molecule has 0 saturated carbocycles. The van der Waals surface area contributed by atoms with E-state index in [2.05, 4.69) is 304 Å². The van der Waals surface area contributed by atoms with Crippen molar-refractivity contribution in [3.63, 3.8) is 0 Å². The first kappa shape index (κ1) is 62.9. The lowest BCUT2D eigenvalue weighted by atomic mass is 9.96. The van der Waals surface area contributed by atoms with E-state index in [1.165, 1.54) is 197 Å². The molecule has 29 aromatic rings. The van der Waals surface area contributed by atoms with E-state index in [0.717, 1.165) is 66.6 Å². The SMILES string of the molecule is c1ccc(-c2ccc3c(c2)c2c4sc5ccccc5c4cc4c5nc6ccccc6nc5n3c42)cc1.c1ccc2c(-c3ccc4c(c3)c3c5sc6ccccc6c5cc5c6nc7ccccc7nc6n4c53)cccc2c1.c1ccc2cc(-c3ccc4c(c3)c3c5sc6ccccc6c5cc5c6nc7ccccc7nc6n4c53)ccc2c1. The molecule has 12 heteroatoms. The average Bonchev–Trinajstić information content (AvgIpc) is 1.53. The summed E-state index contributed by atoms with van der Waals surface area (Å²) in [5.41, 5.74) is 25.8. The molecule has 0 radical (unpaired) electrons. The number of aromatic nitrogens is 9. The van der Waals surface area contributed by atoms with Gasteiger partial charge in [-0.3, -0.25) is 13.2 Å². The Morgan fingerprint density at radius 2 is 0.534 bits per heavy atom. The van der Waals surface area contributed by atoms with E-state index < -0.39 is 0 Å². The number of benzene rings is 17. The summed E-state index contributed by atoms with van der Waals surface area (Å²) in [6.45, 7) is 0. The molecule has 0 aliphatic rings. The van der Waals surface area contributed by atoms with Crippen molar-refractivity contribution < 1.29 is 0 Å².